The van der Waals surface area contributed by atoms with Crippen molar-refractivity contribution in [3.63, 3.8) is 0 Å². The molecule has 9 heavy (non-hydrogen) atoms. The topological polar surface area (TPSA) is 63.3 Å². The average Bonchev–Trinajstić information content (AvgIpc) is 1.67. The molecule has 0 aromatic heterocycles. The van der Waals surface area contributed by atoms with Crippen LogP contribution in [0.25, 0.3) is 0 Å². The smallest absolute Gasteiger partial charge is 0.317 e. The van der Waals surface area contributed by atoms with Gasteiger partial charge >= 0.3 is 5.97 Å². The van der Waals surface area contributed by atoms with Crippen molar-refractivity contribution in [1.29, 1.82) is 0 Å². The third kappa shape index (κ3) is 6.42. The van der Waals surface area contributed by atoms with Gasteiger partial charge < -0.3 is 17.3 Å². The number of rotatable bonds is 3. The van der Waals surface area contributed by atoms with Gasteiger partial charge in [0.05, 0.1) is 6.04 Å². The zero-order valence-electron chi connectivity index (χ0n) is 5.37. The zero-order chi connectivity index (χ0) is 6.57. The molecule has 4 heteroatoms. The van der Waals surface area contributed by atoms with Gasteiger partial charge in [0.1, 0.15) is 0 Å². The van der Waals surface area contributed by atoms with Gasteiger partial charge in [-0.2, -0.15) is 13.3 Å². The van der Waals surface area contributed by atoms with E-state index in [1.165, 1.54) is 0 Å². The Kier molecular flexibility index (Phi) is 9.04. The minimum Gasteiger partial charge on any atom is -0.480 e. The minimum absolute atomic E-state index is 0. The Hall–Kier alpha value is 0.534. The van der Waals surface area contributed by atoms with Crippen LogP contribution >= 0.6 is 0 Å². The molecular formula is C5H10NO2Y-. The first-order chi connectivity index (χ1) is 3.68. The molecule has 0 aliphatic carbocycles. The molecule has 0 rings (SSSR count). The molecule has 1 unspecified atom stereocenters. The molecule has 51 valence electrons. The van der Waals surface area contributed by atoms with Gasteiger partial charge in [0.2, 0.25) is 0 Å². The Morgan fingerprint density at radius 1 is 1.89 bits per heavy atom. The van der Waals surface area contributed by atoms with Gasteiger partial charge in [-0.05, 0) is 0 Å². The number of hydrogen-bond acceptors (Lipinski definition) is 2. The third-order valence-electron chi connectivity index (χ3n) is 0.807. The molecule has 0 aromatic carbocycles. The van der Waals surface area contributed by atoms with Gasteiger partial charge in [-0.15, -0.1) is 0 Å². The van der Waals surface area contributed by atoms with Crippen LogP contribution in [-0.2, 0) is 37.5 Å². The first kappa shape index (κ1) is 12.2. The summed E-state index contributed by atoms with van der Waals surface area (Å²) in [5, 5.41) is 8.17. The van der Waals surface area contributed by atoms with Gasteiger partial charge in [-0.3, -0.25) is 4.79 Å². The van der Waals surface area contributed by atoms with E-state index < -0.39 is 12.0 Å². The molecule has 3 nitrogen and oxygen atoms in total. The molecular weight excluding hydrogens is 195 g/mol. The molecule has 0 aliphatic heterocycles. The monoisotopic (exact) mass is 205 g/mol. The summed E-state index contributed by atoms with van der Waals surface area (Å²) in [6.07, 6.45) is 2.17. The van der Waals surface area contributed by atoms with Gasteiger partial charge in [0.15, 0.2) is 0 Å². The van der Waals surface area contributed by atoms with Crippen molar-refractivity contribution < 1.29 is 42.6 Å². The Morgan fingerprint density at radius 2 is 2.33 bits per heavy atom. The number of hydrogen-bond donors (Lipinski definition) is 2. The van der Waals surface area contributed by atoms with Crippen LogP contribution < -0.4 is 5.73 Å². The number of nitrogens with two attached hydrogens (primary N) is 1. The second-order valence-electron chi connectivity index (χ2n) is 1.59. The molecule has 3 N–H and O–H groups in total. The summed E-state index contributed by atoms with van der Waals surface area (Å²) in [4.78, 5) is 9.94. The first-order valence-electron chi connectivity index (χ1n) is 2.44. The Labute approximate surface area is 79.9 Å². The minimum atomic E-state index is -0.942. The fraction of sp³-hybridized carbons (Fsp3) is 0.600. The van der Waals surface area contributed by atoms with E-state index in [0.717, 1.165) is 0 Å². The fourth-order valence-corrected chi connectivity index (χ4v) is 0.355. The van der Waals surface area contributed by atoms with Crippen molar-refractivity contribution in [2.45, 2.75) is 19.4 Å². The standard InChI is InChI=1S/C5H10NO2.Y/c1-2-3-4(6)5(7)8;/h2,4H,3,6H2,1H3,(H,7,8);/q-1;. The van der Waals surface area contributed by atoms with E-state index in [-0.39, 0.29) is 32.7 Å². The van der Waals surface area contributed by atoms with Gasteiger partial charge in [0, 0.05) is 32.7 Å². The van der Waals surface area contributed by atoms with E-state index in [1.807, 2.05) is 0 Å². The summed E-state index contributed by atoms with van der Waals surface area (Å²) in [5.74, 6) is -0.942. The summed E-state index contributed by atoms with van der Waals surface area (Å²) in [5.41, 5.74) is 5.10. The fourth-order valence-electron chi connectivity index (χ4n) is 0.355. The number of carboxylic acids is 1. The Balaban J connectivity index is 0. The van der Waals surface area contributed by atoms with Crippen molar-refractivity contribution in [2.24, 2.45) is 5.73 Å². The second-order valence-corrected chi connectivity index (χ2v) is 1.59. The van der Waals surface area contributed by atoms with Crippen molar-refractivity contribution >= 4 is 5.97 Å². The van der Waals surface area contributed by atoms with E-state index in [2.05, 4.69) is 0 Å². The zero-order valence-corrected chi connectivity index (χ0v) is 8.21. The van der Waals surface area contributed by atoms with Crippen molar-refractivity contribution in [1.82, 2.24) is 0 Å². The molecule has 0 amide bonds. The second kappa shape index (κ2) is 6.65. The Morgan fingerprint density at radius 3 is 2.44 bits per heavy atom. The predicted octanol–water partition coefficient (Wildman–Crippen LogP) is 0.0101. The SMILES string of the molecule is C[CH-]CC(N)C(=O)O.[Y]. The molecule has 0 saturated heterocycles. The van der Waals surface area contributed by atoms with Crippen LogP contribution in [-0.4, -0.2) is 17.1 Å². The summed E-state index contributed by atoms with van der Waals surface area (Å²) >= 11 is 0. The van der Waals surface area contributed by atoms with Crippen LogP contribution in [0.3, 0.4) is 0 Å². The summed E-state index contributed by atoms with van der Waals surface area (Å²) in [7, 11) is 0. The van der Waals surface area contributed by atoms with Gasteiger partial charge in [-0.1, -0.05) is 0 Å². The maximum atomic E-state index is 9.94. The van der Waals surface area contributed by atoms with E-state index >= 15 is 0 Å². The molecule has 0 spiro atoms. The van der Waals surface area contributed by atoms with Crippen molar-refractivity contribution in [3.8, 4) is 0 Å². The maximum Gasteiger partial charge on any atom is 0.317 e. The van der Waals surface area contributed by atoms with Crippen LogP contribution in [0.4, 0.5) is 0 Å². The quantitative estimate of drug-likeness (QED) is 0.638. The van der Waals surface area contributed by atoms with Crippen LogP contribution in [0.5, 0.6) is 0 Å². The van der Waals surface area contributed by atoms with Crippen LogP contribution in [0.2, 0.25) is 0 Å². The van der Waals surface area contributed by atoms with Crippen molar-refractivity contribution in [3.05, 3.63) is 6.42 Å². The predicted molar refractivity (Wildman–Crippen MR) is 30.2 cm³/mol. The van der Waals surface area contributed by atoms with Gasteiger partial charge in [0.25, 0.3) is 0 Å². The summed E-state index contributed by atoms with van der Waals surface area (Å²) in [6.45, 7) is 1.78. The normalized spacial score (nSPS) is 11.8. The van der Waals surface area contributed by atoms with Crippen molar-refractivity contribution in [2.75, 3.05) is 0 Å². The molecule has 1 atom stereocenters. The first-order valence-corrected chi connectivity index (χ1v) is 2.44. The summed E-state index contributed by atoms with van der Waals surface area (Å²) < 4.78 is 0. The molecule has 0 aliphatic rings. The van der Waals surface area contributed by atoms with Crippen LogP contribution in [0.15, 0.2) is 0 Å². The maximum absolute atomic E-state index is 9.94. The van der Waals surface area contributed by atoms with Gasteiger partial charge in [-0.25, -0.2) is 0 Å². The van der Waals surface area contributed by atoms with Crippen LogP contribution in [0.1, 0.15) is 13.3 Å². The number of carbonyl (C=O) groups is 1. The average molecular weight is 205 g/mol. The third-order valence-corrected chi connectivity index (χ3v) is 0.807. The molecule has 0 fully saturated rings. The summed E-state index contributed by atoms with van der Waals surface area (Å²) in [6, 6.07) is -0.722. The Bertz CT molecular complexity index is 87.0. The molecule has 1 radical (unpaired) electrons. The van der Waals surface area contributed by atoms with E-state index in [1.54, 1.807) is 13.3 Å². The molecule has 0 heterocycles. The molecule has 0 bridgehead atoms. The molecule has 0 saturated carbocycles. The van der Waals surface area contributed by atoms with E-state index in [9.17, 15) is 4.79 Å². The van der Waals surface area contributed by atoms with E-state index in [4.69, 9.17) is 10.8 Å². The number of aliphatic carboxylic acids is 1. The van der Waals surface area contributed by atoms with E-state index in [0.29, 0.717) is 6.42 Å². The number of carboxylic acid groups (broad SMARTS) is 1. The largest absolute Gasteiger partial charge is 0.480 e. The molecule has 0 aromatic rings. The van der Waals surface area contributed by atoms with Crippen LogP contribution in [0, 0.1) is 6.42 Å².